The molecule has 1 aliphatic carbocycles. The largest absolute Gasteiger partial charge is 0.467 e. The number of anilines is 6. The molecule has 0 saturated heterocycles. The molecule has 0 N–H and O–H groups in total. The monoisotopic (exact) mass is 740 g/mol. The summed E-state index contributed by atoms with van der Waals surface area (Å²) in [5, 5.41) is 1.03. The summed E-state index contributed by atoms with van der Waals surface area (Å²) in [5.74, 6) is 0.690. The maximum absolute atomic E-state index is 6.16. The lowest BCUT2D eigenvalue weighted by Gasteiger charge is -2.26. The van der Waals surface area contributed by atoms with Gasteiger partial charge in [-0.3, -0.25) is 0 Å². The number of fused-ring (bicyclic) bond motifs is 2. The third kappa shape index (κ3) is 6.57. The number of hydrogen-bond acceptors (Lipinski definition) is 6. The van der Waals surface area contributed by atoms with E-state index in [1.54, 1.807) is 11.3 Å². The quantitative estimate of drug-likeness (QED) is 0.148. The van der Waals surface area contributed by atoms with Gasteiger partial charge in [0.05, 0.1) is 10.2 Å². The van der Waals surface area contributed by atoms with Crippen LogP contribution in [-0.4, -0.2) is 23.0 Å². The summed E-state index contributed by atoms with van der Waals surface area (Å²) < 4.78 is 7.36. The molecule has 0 fully saturated rings. The van der Waals surface area contributed by atoms with Gasteiger partial charge >= 0.3 is 0 Å². The number of nitrogens with zero attached hydrogens (tertiary/aromatic N) is 4. The predicted octanol–water partition coefficient (Wildman–Crippen LogP) is 13.2. The Morgan fingerprint density at radius 3 is 1.39 bits per heavy atom. The number of para-hydroxylation sites is 3. The van der Waals surface area contributed by atoms with Crippen LogP contribution in [0.25, 0.3) is 31.9 Å². The number of rotatable bonds is 9. The molecule has 8 aromatic rings. The van der Waals surface area contributed by atoms with Gasteiger partial charge in [0.2, 0.25) is 5.90 Å². The Morgan fingerprint density at radius 1 is 0.429 bits per heavy atom. The summed E-state index contributed by atoms with van der Waals surface area (Å²) in [4.78, 5) is 14.3. The minimum Gasteiger partial charge on any atom is -0.467 e. The van der Waals surface area contributed by atoms with E-state index in [9.17, 15) is 0 Å². The number of aromatic nitrogens is 1. The molecular weight excluding hydrogens is 705 g/mol. The van der Waals surface area contributed by atoms with Gasteiger partial charge in [-0.05, 0) is 126 Å². The van der Waals surface area contributed by atoms with E-state index < -0.39 is 0 Å². The fourth-order valence-electron chi connectivity index (χ4n) is 7.39. The number of ether oxygens (including phenoxy) is 1. The molecule has 268 valence electrons. The zero-order valence-electron chi connectivity index (χ0n) is 30.4. The molecule has 0 radical (unpaired) electrons. The van der Waals surface area contributed by atoms with Crippen molar-refractivity contribution in [2.45, 2.75) is 12.1 Å². The summed E-state index contributed by atoms with van der Waals surface area (Å²) in [6, 6.07) is 64.2. The molecule has 0 amide bonds. The van der Waals surface area contributed by atoms with E-state index in [4.69, 9.17) is 14.7 Å². The molecule has 7 aromatic carbocycles. The number of thiazole rings is 1. The molecule has 56 heavy (non-hydrogen) atoms. The summed E-state index contributed by atoms with van der Waals surface area (Å²) in [6.07, 6.45) is 8.18. The van der Waals surface area contributed by atoms with E-state index in [2.05, 4.69) is 192 Å². The first-order valence-electron chi connectivity index (χ1n) is 18.8. The molecule has 2 heterocycles. The summed E-state index contributed by atoms with van der Waals surface area (Å²) in [7, 11) is 0. The first-order valence-corrected chi connectivity index (χ1v) is 19.6. The summed E-state index contributed by atoms with van der Waals surface area (Å²) >= 11 is 1.73. The van der Waals surface area contributed by atoms with Crippen LogP contribution >= 0.6 is 11.3 Å². The van der Waals surface area contributed by atoms with Crippen molar-refractivity contribution in [1.82, 2.24) is 4.98 Å². The Morgan fingerprint density at radius 2 is 0.875 bits per heavy atom. The Kier molecular flexibility index (Phi) is 8.78. The van der Waals surface area contributed by atoms with E-state index in [0.717, 1.165) is 66.9 Å². The average Bonchev–Trinajstić information content (AvgIpc) is 3.91. The zero-order chi connectivity index (χ0) is 37.3. The van der Waals surface area contributed by atoms with E-state index >= 15 is 0 Å². The highest BCUT2D eigenvalue weighted by atomic mass is 32.1. The fraction of sp³-hybridized carbons (Fsp3) is 0.0400. The Hall–Kier alpha value is -7.02. The van der Waals surface area contributed by atoms with Gasteiger partial charge in [-0.15, -0.1) is 11.3 Å². The van der Waals surface area contributed by atoms with Gasteiger partial charge in [0.1, 0.15) is 17.2 Å². The number of hydrogen-bond donors (Lipinski definition) is 0. The van der Waals surface area contributed by atoms with Crippen molar-refractivity contribution in [3.05, 3.63) is 212 Å². The molecule has 1 aliphatic heterocycles. The van der Waals surface area contributed by atoms with E-state index in [0.29, 0.717) is 5.90 Å². The highest BCUT2D eigenvalue weighted by Crippen LogP contribution is 2.39. The highest BCUT2D eigenvalue weighted by molar-refractivity contribution is 7.21. The highest BCUT2D eigenvalue weighted by Gasteiger charge is 2.29. The molecule has 2 unspecified atom stereocenters. The van der Waals surface area contributed by atoms with Gasteiger partial charge in [-0.2, -0.15) is 0 Å². The Bertz CT molecular complexity index is 2670. The van der Waals surface area contributed by atoms with Crippen LogP contribution in [0, 0.1) is 0 Å². The molecule has 2 atom stereocenters. The second-order valence-corrected chi connectivity index (χ2v) is 14.8. The van der Waals surface area contributed by atoms with E-state index in [-0.39, 0.29) is 12.1 Å². The van der Waals surface area contributed by atoms with Gasteiger partial charge in [0, 0.05) is 45.3 Å². The zero-order valence-corrected chi connectivity index (χ0v) is 31.2. The first-order chi connectivity index (χ1) is 27.7. The maximum atomic E-state index is 6.16. The van der Waals surface area contributed by atoms with Crippen molar-refractivity contribution < 1.29 is 4.74 Å². The normalized spacial score (nSPS) is 15.6. The summed E-state index contributed by atoms with van der Waals surface area (Å²) in [6.45, 7) is 0. The van der Waals surface area contributed by atoms with Gasteiger partial charge in [-0.1, -0.05) is 91.0 Å². The molecule has 6 heteroatoms. The number of aliphatic imine (C=N–C) groups is 1. The molecule has 2 aliphatic rings. The van der Waals surface area contributed by atoms with Crippen LogP contribution in [0.2, 0.25) is 0 Å². The molecule has 0 bridgehead atoms. The van der Waals surface area contributed by atoms with Crippen LogP contribution in [0.1, 0.15) is 5.56 Å². The standard InChI is InChI=1S/C50H36N4OS/c1-3-11-39(12-4-1)53(43-31-23-37(24-32-43)49-51-45-15-7-9-17-47(45)55-49)41-27-19-35(20-28-41)36-21-29-42(30-22-36)54(40-13-5-2-6-14-40)44-33-25-38(26-34-44)50-52-46-16-8-10-18-48(46)56-50/h1-34,45,47H. The Labute approximate surface area is 330 Å². The average molecular weight is 741 g/mol. The lowest BCUT2D eigenvalue weighted by Crippen LogP contribution is -2.19. The first kappa shape index (κ1) is 33.5. The van der Waals surface area contributed by atoms with E-state index in [1.807, 2.05) is 24.3 Å². The number of benzene rings is 7. The van der Waals surface area contributed by atoms with Crippen LogP contribution in [-0.2, 0) is 4.74 Å². The SMILES string of the molecule is C1=CC2N=C(c3ccc(N(c4ccccc4)c4ccc(-c5ccc(N(c6ccccc6)c6ccc(-c7nc8ccccc8s7)cc6)cc5)cc4)cc3)OC2C=C1. The second kappa shape index (κ2) is 14.7. The third-order valence-corrected chi connectivity index (χ3v) is 11.3. The minimum atomic E-state index is -0.0261. The van der Waals surface area contributed by atoms with Crippen LogP contribution < -0.4 is 9.80 Å². The minimum absolute atomic E-state index is 0.0261. The van der Waals surface area contributed by atoms with Crippen molar-refractivity contribution in [1.29, 1.82) is 0 Å². The fourth-order valence-corrected chi connectivity index (χ4v) is 8.37. The molecule has 1 aromatic heterocycles. The Balaban J connectivity index is 0.914. The van der Waals surface area contributed by atoms with Crippen molar-refractivity contribution in [3.63, 3.8) is 0 Å². The predicted molar refractivity (Wildman–Crippen MR) is 233 cm³/mol. The van der Waals surface area contributed by atoms with Crippen LogP contribution in [0.4, 0.5) is 34.1 Å². The van der Waals surface area contributed by atoms with Crippen LogP contribution in [0.3, 0.4) is 0 Å². The maximum Gasteiger partial charge on any atom is 0.217 e. The van der Waals surface area contributed by atoms with Crippen LogP contribution in [0.15, 0.2) is 211 Å². The van der Waals surface area contributed by atoms with Crippen molar-refractivity contribution in [3.8, 4) is 21.7 Å². The topological polar surface area (TPSA) is 41.0 Å². The van der Waals surface area contributed by atoms with Gasteiger partial charge < -0.3 is 14.5 Å². The summed E-state index contributed by atoms with van der Waals surface area (Å²) in [5.41, 5.74) is 11.9. The second-order valence-electron chi connectivity index (χ2n) is 13.8. The third-order valence-electron chi connectivity index (χ3n) is 10.2. The number of allylic oxidation sites excluding steroid dienone is 2. The molecule has 10 rings (SSSR count). The van der Waals surface area contributed by atoms with Crippen molar-refractivity contribution in [2.24, 2.45) is 4.99 Å². The lowest BCUT2D eigenvalue weighted by molar-refractivity contribution is 0.255. The van der Waals surface area contributed by atoms with E-state index in [1.165, 1.54) is 4.70 Å². The molecule has 0 spiro atoms. The molecule has 5 nitrogen and oxygen atoms in total. The smallest absolute Gasteiger partial charge is 0.217 e. The molecule has 0 saturated carbocycles. The lowest BCUT2D eigenvalue weighted by atomic mass is 10.0. The van der Waals surface area contributed by atoms with Gasteiger partial charge in [0.15, 0.2) is 0 Å². The van der Waals surface area contributed by atoms with Crippen LogP contribution in [0.5, 0.6) is 0 Å². The van der Waals surface area contributed by atoms with Crippen molar-refractivity contribution >= 4 is 61.6 Å². The van der Waals surface area contributed by atoms with Gasteiger partial charge in [-0.25, -0.2) is 9.98 Å². The van der Waals surface area contributed by atoms with Gasteiger partial charge in [0.25, 0.3) is 0 Å². The van der Waals surface area contributed by atoms with Crippen molar-refractivity contribution in [2.75, 3.05) is 9.80 Å². The molecular formula is C50H36N4OS.